The number of Topliss-reactive ketones (excluding diaryl/α,β-unsaturated/α-hetero) is 1. The molecular formula is C30H43N8O18P3S. The molecule has 60 heavy (non-hydrogen) atoms. The number of para-hydroxylation sites is 1. The average molecular weight is 929 g/mol. The first-order valence-electron chi connectivity index (χ1n) is 17.3. The maximum absolute atomic E-state index is 12.7. The van der Waals surface area contributed by atoms with E-state index in [1.165, 1.54) is 19.9 Å². The summed E-state index contributed by atoms with van der Waals surface area (Å²) in [7, 11) is -16.5. The minimum absolute atomic E-state index is 0.0201. The lowest BCUT2D eigenvalue weighted by molar-refractivity contribution is -0.137. The Labute approximate surface area is 344 Å². The van der Waals surface area contributed by atoms with Crippen molar-refractivity contribution in [2.75, 3.05) is 43.5 Å². The number of benzene rings is 1. The van der Waals surface area contributed by atoms with Crippen LogP contribution >= 0.6 is 35.2 Å². The van der Waals surface area contributed by atoms with Crippen molar-refractivity contribution in [2.45, 2.75) is 57.3 Å². The first kappa shape index (κ1) is 48.9. The molecule has 0 spiro atoms. The molecule has 4 rings (SSSR count). The van der Waals surface area contributed by atoms with Crippen LogP contribution in [0.25, 0.3) is 11.2 Å². The third kappa shape index (κ3) is 13.9. The maximum atomic E-state index is 12.7. The van der Waals surface area contributed by atoms with Crippen LogP contribution in [0.1, 0.15) is 43.3 Å². The van der Waals surface area contributed by atoms with E-state index < -0.39 is 95.5 Å². The molecule has 1 fully saturated rings. The second kappa shape index (κ2) is 20.4. The fourth-order valence-electron chi connectivity index (χ4n) is 5.32. The summed E-state index contributed by atoms with van der Waals surface area (Å²) >= 11 is 0.837. The summed E-state index contributed by atoms with van der Waals surface area (Å²) in [5.74, 6) is -1.87. The van der Waals surface area contributed by atoms with Gasteiger partial charge in [-0.3, -0.25) is 37.3 Å². The Kier molecular flexibility index (Phi) is 16.6. The molecule has 7 atom stereocenters. The Balaban J connectivity index is 1.20. The van der Waals surface area contributed by atoms with Crippen LogP contribution in [-0.4, -0.2) is 128 Å². The van der Waals surface area contributed by atoms with Crippen molar-refractivity contribution in [1.29, 1.82) is 0 Å². The van der Waals surface area contributed by atoms with Crippen LogP contribution in [0.2, 0.25) is 0 Å². The van der Waals surface area contributed by atoms with Gasteiger partial charge in [0, 0.05) is 41.9 Å². The Morgan fingerprint density at radius 1 is 1.00 bits per heavy atom. The largest absolute Gasteiger partial charge is 0.481 e. The maximum Gasteiger partial charge on any atom is 0.481 e. The van der Waals surface area contributed by atoms with Gasteiger partial charge in [-0.15, -0.1) is 0 Å². The third-order valence-electron chi connectivity index (χ3n) is 8.33. The van der Waals surface area contributed by atoms with Gasteiger partial charge in [0.15, 0.2) is 28.6 Å². The first-order valence-corrected chi connectivity index (χ1v) is 22.8. The van der Waals surface area contributed by atoms with Gasteiger partial charge in [0.2, 0.25) is 11.8 Å². The van der Waals surface area contributed by atoms with Crippen molar-refractivity contribution in [3.8, 4) is 0 Å². The Bertz CT molecular complexity index is 2190. The number of nitrogens with zero attached hydrogens (tertiary/aromatic N) is 4. The van der Waals surface area contributed by atoms with Crippen molar-refractivity contribution < 1.29 is 85.3 Å². The van der Waals surface area contributed by atoms with E-state index in [-0.39, 0.29) is 59.9 Å². The number of anilines is 2. The number of carbonyl (C=O) groups excluding carboxylic acids is 4. The molecule has 30 heteroatoms. The summed E-state index contributed by atoms with van der Waals surface area (Å²) in [6.45, 7) is 0.197. The molecule has 2 unspecified atom stereocenters. The molecule has 0 saturated carbocycles. The molecule has 26 nitrogen and oxygen atoms in total. The topological polar surface area (TPSA) is 407 Å². The minimum atomic E-state index is -5.59. The van der Waals surface area contributed by atoms with Gasteiger partial charge < -0.3 is 56.6 Å². The second-order valence-corrected chi connectivity index (χ2v) is 18.9. The number of amides is 2. The summed E-state index contributed by atoms with van der Waals surface area (Å²) < 4.78 is 62.1. The van der Waals surface area contributed by atoms with Gasteiger partial charge in [0.1, 0.15) is 36.3 Å². The summed E-state index contributed by atoms with van der Waals surface area (Å²) in [5.41, 5.74) is 10.4. The second-order valence-electron chi connectivity index (χ2n) is 13.5. The molecule has 3 heterocycles. The van der Waals surface area contributed by atoms with Crippen LogP contribution in [-0.2, 0) is 50.7 Å². The van der Waals surface area contributed by atoms with Crippen LogP contribution in [0.4, 0.5) is 11.5 Å². The highest BCUT2D eigenvalue weighted by Gasteiger charge is 2.50. The van der Waals surface area contributed by atoms with Crippen LogP contribution in [0.5, 0.6) is 0 Å². The van der Waals surface area contributed by atoms with Crippen LogP contribution in [0.3, 0.4) is 0 Å². The molecule has 1 aliphatic rings. The zero-order valence-corrected chi connectivity index (χ0v) is 35.1. The fourth-order valence-corrected chi connectivity index (χ4v) is 8.82. The van der Waals surface area contributed by atoms with Crippen LogP contribution in [0.15, 0.2) is 36.9 Å². The van der Waals surface area contributed by atoms with E-state index in [4.69, 9.17) is 25.3 Å². The Morgan fingerprint density at radius 3 is 2.37 bits per heavy atom. The van der Waals surface area contributed by atoms with E-state index in [9.17, 15) is 62.7 Å². The lowest BCUT2D eigenvalue weighted by atomic mass is 9.87. The molecular weight excluding hydrogens is 885 g/mol. The Morgan fingerprint density at radius 2 is 1.68 bits per heavy atom. The SMILES string of the molecule is CC(C)(COP(=O)(O)OP(=O)(O)OC[C@H]1O[C@@H](n2cnc3c(N)ncnc32)[C@H](O)[C@@H]1OP(=O)(O)O)[C@@H](O)C(=O)NCCC(=O)NCCSC(=O)CC(=O)c1ccccc1N. The fraction of sp³-hybridized carbons (Fsp3) is 0.500. The number of hydrogen-bond donors (Lipinski definition) is 10. The number of aliphatic hydroxyl groups excluding tert-OH is 2. The number of fused-ring (bicyclic) bond motifs is 1. The summed E-state index contributed by atoms with van der Waals surface area (Å²) in [5, 5.41) is 25.9. The summed E-state index contributed by atoms with van der Waals surface area (Å²) in [4.78, 5) is 100. The van der Waals surface area contributed by atoms with E-state index in [0.717, 1.165) is 29.0 Å². The number of imidazole rings is 1. The van der Waals surface area contributed by atoms with E-state index in [2.05, 4.69) is 34.4 Å². The quantitative estimate of drug-likeness (QED) is 0.0200. The number of carbonyl (C=O) groups is 4. The standard InChI is InChI=1S/C30H43N8O18P3S/c1-30(2,25(43)28(44)34-8-7-20(40)33-9-10-60-21(41)11-18(39)16-5-3-4-6-17(16)31)13-53-59(50,51)56-58(48,49)52-12-19-24(55-57(45,46)47)23(42)29(54-19)38-15-37-22-26(32)35-14-36-27(22)38/h3-6,14-15,19,23-25,29,42-43H,7-13,31H2,1-2H3,(H,33,40)(H,34,44)(H,48,49)(H,50,51)(H2,32,35,36)(H2,45,46,47)/t19-,23-,24-,25+,29-/m1/s1. The van der Waals surface area contributed by atoms with Crippen LogP contribution < -0.4 is 22.1 Å². The lowest BCUT2D eigenvalue weighted by Gasteiger charge is -2.30. The Hall–Kier alpha value is -3.75. The van der Waals surface area contributed by atoms with Gasteiger partial charge >= 0.3 is 23.5 Å². The van der Waals surface area contributed by atoms with E-state index in [1.807, 2.05) is 0 Å². The number of aromatic nitrogens is 4. The van der Waals surface area contributed by atoms with Crippen molar-refractivity contribution in [1.82, 2.24) is 30.2 Å². The predicted octanol–water partition coefficient (Wildman–Crippen LogP) is -0.480. The molecule has 0 bridgehead atoms. The van der Waals surface area contributed by atoms with Gasteiger partial charge in [0.05, 0.1) is 26.0 Å². The predicted molar refractivity (Wildman–Crippen MR) is 207 cm³/mol. The smallest absolute Gasteiger partial charge is 0.398 e. The number of nitrogens with two attached hydrogens (primary N) is 2. The first-order chi connectivity index (χ1) is 27.9. The number of phosphoric ester groups is 3. The molecule has 1 saturated heterocycles. The van der Waals surface area contributed by atoms with Gasteiger partial charge in [-0.25, -0.2) is 28.6 Å². The highest BCUT2D eigenvalue weighted by atomic mass is 32.2. The molecule has 3 aromatic rings. The molecule has 2 aromatic heterocycles. The van der Waals surface area contributed by atoms with Crippen molar-refractivity contribution >= 4 is 80.6 Å². The zero-order valence-electron chi connectivity index (χ0n) is 31.6. The number of aliphatic hydroxyl groups is 2. The number of hydrogen-bond acceptors (Lipinski definition) is 20. The van der Waals surface area contributed by atoms with Crippen LogP contribution in [0, 0.1) is 5.41 Å². The lowest BCUT2D eigenvalue weighted by Crippen LogP contribution is -2.46. The number of rotatable bonds is 22. The van der Waals surface area contributed by atoms with Crippen molar-refractivity contribution in [3.63, 3.8) is 0 Å². The van der Waals surface area contributed by atoms with Gasteiger partial charge in [-0.05, 0) is 12.1 Å². The van der Waals surface area contributed by atoms with Crippen molar-refractivity contribution in [3.05, 3.63) is 42.5 Å². The molecule has 0 radical (unpaired) electrons. The third-order valence-corrected chi connectivity index (χ3v) is 12.3. The van der Waals surface area contributed by atoms with Gasteiger partial charge in [0.25, 0.3) is 0 Å². The number of ether oxygens (including phenoxy) is 1. The highest BCUT2D eigenvalue weighted by Crippen LogP contribution is 2.61. The van der Waals surface area contributed by atoms with Gasteiger partial charge in [-0.1, -0.05) is 37.7 Å². The van der Waals surface area contributed by atoms with E-state index in [1.54, 1.807) is 18.2 Å². The number of nitrogens with one attached hydrogen (secondary N) is 2. The molecule has 332 valence electrons. The average Bonchev–Trinajstić information content (AvgIpc) is 3.71. The number of ketones is 1. The summed E-state index contributed by atoms with van der Waals surface area (Å²) in [6, 6.07) is 6.32. The van der Waals surface area contributed by atoms with Gasteiger partial charge in [-0.2, -0.15) is 4.31 Å². The minimum Gasteiger partial charge on any atom is -0.398 e. The molecule has 1 aliphatic heterocycles. The van der Waals surface area contributed by atoms with Crippen molar-refractivity contribution in [2.24, 2.45) is 5.41 Å². The molecule has 12 N–H and O–H groups in total. The molecule has 0 aliphatic carbocycles. The zero-order chi connectivity index (χ0) is 44.6. The highest BCUT2D eigenvalue weighted by molar-refractivity contribution is 8.13. The molecule has 2 amide bonds. The van der Waals surface area contributed by atoms with E-state index >= 15 is 0 Å². The number of phosphoric acid groups is 3. The number of thioether (sulfide) groups is 1. The molecule has 1 aromatic carbocycles. The summed E-state index contributed by atoms with van der Waals surface area (Å²) in [6.07, 6.45) is -7.48. The monoisotopic (exact) mass is 928 g/mol. The normalized spacial score (nSPS) is 20.9. The van der Waals surface area contributed by atoms with E-state index in [0.29, 0.717) is 0 Å². The number of nitrogen functional groups attached to an aromatic ring is 2.